The SMILES string of the molecule is C[C@H](NCc1ccc(O)c(Cl)c1)c1ccc(Cl)cc1. The standard InChI is InChI=1S/C15H15Cl2NO/c1-10(12-3-5-13(16)6-4-12)18-9-11-2-7-15(19)14(17)8-11/h2-8,10,18-19H,9H2,1H3/t10-/m0/s1. The van der Waals surface area contributed by atoms with Crippen LogP contribution < -0.4 is 5.32 Å². The highest BCUT2D eigenvalue weighted by Gasteiger charge is 2.05. The molecule has 0 heterocycles. The molecule has 0 aliphatic rings. The van der Waals surface area contributed by atoms with Gasteiger partial charge in [0.15, 0.2) is 0 Å². The number of phenols is 1. The molecular formula is C15H15Cl2NO. The Morgan fingerprint density at radius 3 is 2.42 bits per heavy atom. The lowest BCUT2D eigenvalue weighted by atomic mass is 10.1. The molecule has 2 rings (SSSR count). The number of hydrogen-bond acceptors (Lipinski definition) is 2. The van der Waals surface area contributed by atoms with Crippen molar-refractivity contribution < 1.29 is 5.11 Å². The van der Waals surface area contributed by atoms with E-state index in [9.17, 15) is 5.11 Å². The summed E-state index contributed by atoms with van der Waals surface area (Å²) in [6, 6.07) is 13.2. The molecule has 0 amide bonds. The summed E-state index contributed by atoms with van der Waals surface area (Å²) in [7, 11) is 0. The van der Waals surface area contributed by atoms with Crippen molar-refractivity contribution in [1.82, 2.24) is 5.32 Å². The Hall–Kier alpha value is -1.22. The topological polar surface area (TPSA) is 32.3 Å². The van der Waals surface area contributed by atoms with Crippen LogP contribution in [0.25, 0.3) is 0 Å². The molecule has 2 N–H and O–H groups in total. The van der Waals surface area contributed by atoms with Gasteiger partial charge in [0, 0.05) is 17.6 Å². The number of rotatable bonds is 4. The molecule has 0 aliphatic carbocycles. The van der Waals surface area contributed by atoms with E-state index < -0.39 is 0 Å². The molecule has 4 heteroatoms. The zero-order chi connectivity index (χ0) is 13.8. The maximum Gasteiger partial charge on any atom is 0.134 e. The Morgan fingerprint density at radius 2 is 1.79 bits per heavy atom. The third kappa shape index (κ3) is 3.87. The van der Waals surface area contributed by atoms with E-state index in [0.717, 1.165) is 10.6 Å². The molecule has 0 saturated heterocycles. The van der Waals surface area contributed by atoms with Crippen LogP contribution in [0, 0.1) is 0 Å². The van der Waals surface area contributed by atoms with Gasteiger partial charge < -0.3 is 10.4 Å². The van der Waals surface area contributed by atoms with Crippen molar-refractivity contribution in [2.45, 2.75) is 19.5 Å². The molecule has 100 valence electrons. The fourth-order valence-electron chi connectivity index (χ4n) is 1.80. The highest BCUT2D eigenvalue weighted by molar-refractivity contribution is 6.32. The lowest BCUT2D eigenvalue weighted by Crippen LogP contribution is -2.17. The van der Waals surface area contributed by atoms with Crippen molar-refractivity contribution in [1.29, 1.82) is 0 Å². The highest BCUT2D eigenvalue weighted by atomic mass is 35.5. The number of halogens is 2. The van der Waals surface area contributed by atoms with E-state index in [1.165, 1.54) is 5.56 Å². The summed E-state index contributed by atoms with van der Waals surface area (Å²) in [5, 5.41) is 13.9. The maximum absolute atomic E-state index is 9.36. The van der Waals surface area contributed by atoms with Gasteiger partial charge in [-0.3, -0.25) is 0 Å². The van der Waals surface area contributed by atoms with Gasteiger partial charge in [-0.25, -0.2) is 0 Å². The average molecular weight is 296 g/mol. The molecule has 2 nitrogen and oxygen atoms in total. The van der Waals surface area contributed by atoms with E-state index in [4.69, 9.17) is 23.2 Å². The third-order valence-electron chi connectivity index (χ3n) is 2.99. The van der Waals surface area contributed by atoms with Crippen LogP contribution in [0.4, 0.5) is 0 Å². The van der Waals surface area contributed by atoms with Gasteiger partial charge in [0.1, 0.15) is 5.75 Å². The Kier molecular flexibility index (Phi) is 4.70. The third-order valence-corrected chi connectivity index (χ3v) is 3.55. The second-order valence-electron chi connectivity index (χ2n) is 4.44. The lowest BCUT2D eigenvalue weighted by Gasteiger charge is -2.14. The van der Waals surface area contributed by atoms with Crippen molar-refractivity contribution >= 4 is 23.2 Å². The first-order chi connectivity index (χ1) is 9.06. The minimum atomic E-state index is 0.108. The molecule has 2 aromatic carbocycles. The zero-order valence-corrected chi connectivity index (χ0v) is 12.0. The molecular weight excluding hydrogens is 281 g/mol. The van der Waals surface area contributed by atoms with Crippen LogP contribution in [-0.2, 0) is 6.54 Å². The Bertz CT molecular complexity index is 555. The van der Waals surface area contributed by atoms with Crippen LogP contribution in [0.15, 0.2) is 42.5 Å². The number of hydrogen-bond donors (Lipinski definition) is 2. The Labute approximate surface area is 123 Å². The van der Waals surface area contributed by atoms with E-state index in [0.29, 0.717) is 11.6 Å². The van der Waals surface area contributed by atoms with Crippen molar-refractivity contribution in [3.8, 4) is 5.75 Å². The minimum Gasteiger partial charge on any atom is -0.506 e. The van der Waals surface area contributed by atoms with Crippen LogP contribution in [0.3, 0.4) is 0 Å². The van der Waals surface area contributed by atoms with Crippen LogP contribution in [-0.4, -0.2) is 5.11 Å². The van der Waals surface area contributed by atoms with Crippen molar-refractivity contribution in [3.05, 3.63) is 63.6 Å². The monoisotopic (exact) mass is 295 g/mol. The van der Waals surface area contributed by atoms with Crippen molar-refractivity contribution in [3.63, 3.8) is 0 Å². The fraction of sp³-hybridized carbons (Fsp3) is 0.200. The van der Waals surface area contributed by atoms with Gasteiger partial charge in [0.05, 0.1) is 5.02 Å². The van der Waals surface area contributed by atoms with Crippen LogP contribution in [0.2, 0.25) is 10.0 Å². The Balaban J connectivity index is 1.98. The average Bonchev–Trinajstić information content (AvgIpc) is 2.40. The summed E-state index contributed by atoms with van der Waals surface area (Å²) in [5.41, 5.74) is 2.21. The van der Waals surface area contributed by atoms with E-state index in [1.54, 1.807) is 12.1 Å². The van der Waals surface area contributed by atoms with Crippen LogP contribution in [0.5, 0.6) is 5.75 Å². The van der Waals surface area contributed by atoms with Gasteiger partial charge in [0.25, 0.3) is 0 Å². The van der Waals surface area contributed by atoms with E-state index in [2.05, 4.69) is 12.2 Å². The molecule has 0 aromatic heterocycles. The van der Waals surface area contributed by atoms with Gasteiger partial charge in [-0.2, -0.15) is 0 Å². The van der Waals surface area contributed by atoms with Crippen molar-refractivity contribution in [2.75, 3.05) is 0 Å². The number of phenolic OH excluding ortho intramolecular Hbond substituents is 1. The first-order valence-electron chi connectivity index (χ1n) is 6.02. The summed E-state index contributed by atoms with van der Waals surface area (Å²) in [6.07, 6.45) is 0. The molecule has 1 atom stereocenters. The smallest absolute Gasteiger partial charge is 0.134 e. The van der Waals surface area contributed by atoms with Crippen LogP contribution >= 0.6 is 23.2 Å². The normalized spacial score (nSPS) is 12.4. The summed E-state index contributed by atoms with van der Waals surface area (Å²) in [6.45, 7) is 2.77. The molecule has 0 aliphatic heterocycles. The molecule has 0 fully saturated rings. The predicted molar refractivity (Wildman–Crippen MR) is 79.8 cm³/mol. The number of nitrogens with one attached hydrogen (secondary N) is 1. The summed E-state index contributed by atoms with van der Waals surface area (Å²) < 4.78 is 0. The van der Waals surface area contributed by atoms with E-state index in [-0.39, 0.29) is 11.8 Å². The highest BCUT2D eigenvalue weighted by Crippen LogP contribution is 2.24. The predicted octanol–water partition coefficient (Wildman–Crippen LogP) is 4.55. The summed E-state index contributed by atoms with van der Waals surface area (Å²) in [5.74, 6) is 0.108. The first kappa shape index (κ1) is 14.2. The molecule has 0 spiro atoms. The maximum atomic E-state index is 9.36. The molecule has 19 heavy (non-hydrogen) atoms. The molecule has 0 saturated carbocycles. The summed E-state index contributed by atoms with van der Waals surface area (Å²) >= 11 is 11.7. The quantitative estimate of drug-likeness (QED) is 0.867. The van der Waals surface area contributed by atoms with Gasteiger partial charge in [0.2, 0.25) is 0 Å². The van der Waals surface area contributed by atoms with Gasteiger partial charge in [-0.05, 0) is 42.3 Å². The minimum absolute atomic E-state index is 0.108. The molecule has 0 unspecified atom stereocenters. The number of benzene rings is 2. The van der Waals surface area contributed by atoms with Gasteiger partial charge >= 0.3 is 0 Å². The van der Waals surface area contributed by atoms with E-state index >= 15 is 0 Å². The first-order valence-corrected chi connectivity index (χ1v) is 6.78. The molecule has 0 bridgehead atoms. The summed E-state index contributed by atoms with van der Waals surface area (Å²) in [4.78, 5) is 0. The van der Waals surface area contributed by atoms with E-state index in [1.807, 2.05) is 30.3 Å². The largest absolute Gasteiger partial charge is 0.506 e. The second kappa shape index (κ2) is 6.29. The van der Waals surface area contributed by atoms with Gasteiger partial charge in [-0.15, -0.1) is 0 Å². The number of aromatic hydroxyl groups is 1. The fourth-order valence-corrected chi connectivity index (χ4v) is 2.13. The van der Waals surface area contributed by atoms with Crippen molar-refractivity contribution in [2.24, 2.45) is 0 Å². The lowest BCUT2D eigenvalue weighted by molar-refractivity contribution is 0.475. The molecule has 2 aromatic rings. The van der Waals surface area contributed by atoms with Gasteiger partial charge in [-0.1, -0.05) is 41.4 Å². The molecule has 0 radical (unpaired) electrons. The van der Waals surface area contributed by atoms with Crippen LogP contribution in [0.1, 0.15) is 24.1 Å². The zero-order valence-electron chi connectivity index (χ0n) is 10.5. The second-order valence-corrected chi connectivity index (χ2v) is 5.28. The Morgan fingerprint density at radius 1 is 1.11 bits per heavy atom.